The molecule has 16 heavy (non-hydrogen) atoms. The number of phenolic OH excluding ortho intramolecular Hbond substituents is 1. The number of phenols is 1. The maximum atomic E-state index is 11.8. The van der Waals surface area contributed by atoms with Crippen LogP contribution in [-0.2, 0) is 16.6 Å². The summed E-state index contributed by atoms with van der Waals surface area (Å²) in [6, 6.07) is 5.30. The summed E-state index contributed by atoms with van der Waals surface area (Å²) < 4.78 is 0. The second kappa shape index (κ2) is 3.91. The molecule has 0 saturated carbocycles. The fourth-order valence-corrected chi connectivity index (χ4v) is 2.30. The standard InChI is InChI=1S/C13H17NO2/c1-9(15)13(2)8-14-6-5-10-7-11(16)3-4-12(10)13/h3-4,7,14,16H,5-6,8H2,1-2H3. The van der Waals surface area contributed by atoms with E-state index in [9.17, 15) is 9.90 Å². The number of hydrogen-bond donors (Lipinski definition) is 2. The highest BCUT2D eigenvalue weighted by Crippen LogP contribution is 2.31. The van der Waals surface area contributed by atoms with Gasteiger partial charge in [-0.2, -0.15) is 0 Å². The van der Waals surface area contributed by atoms with Crippen molar-refractivity contribution in [3.8, 4) is 5.75 Å². The molecular formula is C13H17NO2. The molecule has 1 aromatic rings. The van der Waals surface area contributed by atoms with Crippen LogP contribution in [0.15, 0.2) is 18.2 Å². The van der Waals surface area contributed by atoms with E-state index in [1.54, 1.807) is 19.1 Å². The van der Waals surface area contributed by atoms with Crippen LogP contribution in [0.4, 0.5) is 0 Å². The van der Waals surface area contributed by atoms with E-state index in [0.29, 0.717) is 6.54 Å². The zero-order valence-electron chi connectivity index (χ0n) is 9.71. The maximum absolute atomic E-state index is 11.8. The second-order valence-corrected chi connectivity index (χ2v) is 4.66. The van der Waals surface area contributed by atoms with Gasteiger partial charge < -0.3 is 10.4 Å². The normalized spacial score (nSPS) is 24.6. The summed E-state index contributed by atoms with van der Waals surface area (Å²) in [6.07, 6.45) is 0.854. The SMILES string of the molecule is CC(=O)C1(C)CNCCc2cc(O)ccc21. The minimum absolute atomic E-state index is 0.161. The van der Waals surface area contributed by atoms with E-state index >= 15 is 0 Å². The topological polar surface area (TPSA) is 49.3 Å². The predicted molar refractivity (Wildman–Crippen MR) is 62.7 cm³/mol. The molecule has 0 aromatic heterocycles. The molecule has 3 nitrogen and oxygen atoms in total. The second-order valence-electron chi connectivity index (χ2n) is 4.66. The Morgan fingerprint density at radius 2 is 2.25 bits per heavy atom. The van der Waals surface area contributed by atoms with Crippen LogP contribution in [-0.4, -0.2) is 24.0 Å². The monoisotopic (exact) mass is 219 g/mol. The first-order chi connectivity index (χ1) is 7.54. The highest BCUT2D eigenvalue weighted by Gasteiger charge is 2.35. The van der Waals surface area contributed by atoms with Crippen LogP contribution < -0.4 is 5.32 Å². The average Bonchev–Trinajstić information content (AvgIpc) is 2.39. The van der Waals surface area contributed by atoms with Gasteiger partial charge in [0.25, 0.3) is 0 Å². The third-order valence-corrected chi connectivity index (χ3v) is 3.51. The highest BCUT2D eigenvalue weighted by molar-refractivity contribution is 5.88. The molecule has 1 aromatic carbocycles. The summed E-state index contributed by atoms with van der Waals surface area (Å²) >= 11 is 0. The van der Waals surface area contributed by atoms with E-state index in [1.165, 1.54) is 0 Å². The van der Waals surface area contributed by atoms with E-state index < -0.39 is 5.41 Å². The number of nitrogens with one attached hydrogen (secondary N) is 1. The molecular weight excluding hydrogens is 202 g/mol. The van der Waals surface area contributed by atoms with Gasteiger partial charge in [0.05, 0.1) is 5.41 Å². The smallest absolute Gasteiger partial charge is 0.141 e. The van der Waals surface area contributed by atoms with Crippen molar-refractivity contribution < 1.29 is 9.90 Å². The van der Waals surface area contributed by atoms with Crippen LogP contribution in [0.3, 0.4) is 0 Å². The first kappa shape index (κ1) is 11.1. The first-order valence-corrected chi connectivity index (χ1v) is 5.58. The first-order valence-electron chi connectivity index (χ1n) is 5.58. The molecule has 1 unspecified atom stereocenters. The number of carbonyl (C=O) groups excluding carboxylic acids is 1. The lowest BCUT2D eigenvalue weighted by molar-refractivity contribution is -0.121. The van der Waals surface area contributed by atoms with Crippen LogP contribution in [0.2, 0.25) is 0 Å². The van der Waals surface area contributed by atoms with Gasteiger partial charge in [-0.05, 0) is 50.1 Å². The molecule has 1 aliphatic heterocycles. The maximum Gasteiger partial charge on any atom is 0.141 e. The van der Waals surface area contributed by atoms with E-state index in [1.807, 2.05) is 13.0 Å². The molecule has 2 rings (SSSR count). The van der Waals surface area contributed by atoms with Gasteiger partial charge in [-0.25, -0.2) is 0 Å². The molecule has 0 amide bonds. The molecule has 0 aliphatic carbocycles. The molecule has 2 N–H and O–H groups in total. The summed E-state index contributed by atoms with van der Waals surface area (Å²) in [5.74, 6) is 0.431. The number of ketones is 1. The number of benzene rings is 1. The summed E-state index contributed by atoms with van der Waals surface area (Å²) in [5.41, 5.74) is 1.64. The summed E-state index contributed by atoms with van der Waals surface area (Å²) in [5, 5.41) is 12.8. The van der Waals surface area contributed by atoms with Crippen molar-refractivity contribution in [1.82, 2.24) is 5.32 Å². The zero-order valence-corrected chi connectivity index (χ0v) is 9.71. The molecule has 1 atom stereocenters. The lowest BCUT2D eigenvalue weighted by atomic mass is 9.77. The lowest BCUT2D eigenvalue weighted by Gasteiger charge is -2.27. The molecule has 0 saturated heterocycles. The van der Waals surface area contributed by atoms with Crippen molar-refractivity contribution in [3.63, 3.8) is 0 Å². The van der Waals surface area contributed by atoms with Gasteiger partial charge in [-0.3, -0.25) is 4.79 Å². The Hall–Kier alpha value is -1.35. The Labute approximate surface area is 95.5 Å². The van der Waals surface area contributed by atoms with Gasteiger partial charge in [0.15, 0.2) is 0 Å². The number of carbonyl (C=O) groups is 1. The minimum atomic E-state index is -0.473. The van der Waals surface area contributed by atoms with Gasteiger partial charge in [-0.15, -0.1) is 0 Å². The van der Waals surface area contributed by atoms with Crippen LogP contribution >= 0.6 is 0 Å². The van der Waals surface area contributed by atoms with Crippen LogP contribution in [0, 0.1) is 0 Å². The Morgan fingerprint density at radius 3 is 2.94 bits per heavy atom. The molecule has 0 radical (unpaired) electrons. The average molecular weight is 219 g/mol. The van der Waals surface area contributed by atoms with Crippen molar-refractivity contribution in [2.75, 3.05) is 13.1 Å². The number of fused-ring (bicyclic) bond motifs is 1. The predicted octanol–water partition coefficient (Wildman–Crippen LogP) is 1.38. The third-order valence-electron chi connectivity index (χ3n) is 3.51. The molecule has 1 heterocycles. The van der Waals surface area contributed by atoms with Crippen LogP contribution in [0.5, 0.6) is 5.75 Å². The lowest BCUT2D eigenvalue weighted by Crippen LogP contribution is -2.40. The van der Waals surface area contributed by atoms with E-state index in [4.69, 9.17) is 0 Å². The van der Waals surface area contributed by atoms with Gasteiger partial charge in [0.2, 0.25) is 0 Å². The molecule has 86 valence electrons. The van der Waals surface area contributed by atoms with Crippen molar-refractivity contribution in [2.24, 2.45) is 0 Å². The number of aromatic hydroxyl groups is 1. The fraction of sp³-hybridized carbons (Fsp3) is 0.462. The van der Waals surface area contributed by atoms with Gasteiger partial charge in [0, 0.05) is 6.54 Å². The third kappa shape index (κ3) is 1.71. The molecule has 0 spiro atoms. The number of Topliss-reactive ketones (excluding diaryl/α,β-unsaturated/α-hetero) is 1. The van der Waals surface area contributed by atoms with Crippen molar-refractivity contribution in [1.29, 1.82) is 0 Å². The largest absolute Gasteiger partial charge is 0.508 e. The van der Waals surface area contributed by atoms with Crippen LogP contribution in [0.1, 0.15) is 25.0 Å². The minimum Gasteiger partial charge on any atom is -0.508 e. The zero-order chi connectivity index (χ0) is 11.8. The van der Waals surface area contributed by atoms with E-state index in [2.05, 4.69) is 5.32 Å². The molecule has 3 heteroatoms. The van der Waals surface area contributed by atoms with Crippen molar-refractivity contribution in [2.45, 2.75) is 25.7 Å². The fourth-order valence-electron chi connectivity index (χ4n) is 2.30. The Morgan fingerprint density at radius 1 is 1.50 bits per heavy atom. The van der Waals surface area contributed by atoms with Crippen molar-refractivity contribution in [3.05, 3.63) is 29.3 Å². The Bertz CT molecular complexity index is 428. The number of hydrogen-bond acceptors (Lipinski definition) is 3. The Balaban J connectivity index is 2.57. The molecule has 1 aliphatic rings. The van der Waals surface area contributed by atoms with Crippen LogP contribution in [0.25, 0.3) is 0 Å². The number of rotatable bonds is 1. The molecule has 0 bridgehead atoms. The highest BCUT2D eigenvalue weighted by atomic mass is 16.3. The summed E-state index contributed by atoms with van der Waals surface area (Å²) in [4.78, 5) is 11.8. The van der Waals surface area contributed by atoms with Gasteiger partial charge >= 0.3 is 0 Å². The Kier molecular flexibility index (Phi) is 2.72. The summed E-state index contributed by atoms with van der Waals surface area (Å²) in [7, 11) is 0. The van der Waals surface area contributed by atoms with Crippen molar-refractivity contribution >= 4 is 5.78 Å². The quantitative estimate of drug-likeness (QED) is 0.750. The molecule has 0 fully saturated rings. The van der Waals surface area contributed by atoms with Gasteiger partial charge in [0.1, 0.15) is 11.5 Å². The van der Waals surface area contributed by atoms with E-state index in [0.717, 1.165) is 24.1 Å². The summed E-state index contributed by atoms with van der Waals surface area (Å²) in [6.45, 7) is 5.10. The van der Waals surface area contributed by atoms with Gasteiger partial charge in [-0.1, -0.05) is 6.07 Å². The van der Waals surface area contributed by atoms with E-state index in [-0.39, 0.29) is 11.5 Å².